The molecule has 0 spiro atoms. The minimum Gasteiger partial charge on any atom is -0.256 e. The van der Waals surface area contributed by atoms with Gasteiger partial charge in [0.25, 0.3) is 0 Å². The maximum Gasteiger partial charge on any atom is 0.382 e. The molecule has 1 heterocycles. The van der Waals surface area contributed by atoms with Crippen molar-refractivity contribution in [1.82, 2.24) is 4.98 Å². The third-order valence-corrected chi connectivity index (χ3v) is 3.06. The fraction of sp³-hybridized carbons (Fsp3) is 0.417. The van der Waals surface area contributed by atoms with E-state index in [-0.39, 0.29) is 5.56 Å². The number of aromatic nitrogens is 1. The van der Waals surface area contributed by atoms with Crippen LogP contribution in [0.5, 0.6) is 0 Å². The van der Waals surface area contributed by atoms with Crippen LogP contribution in [0.1, 0.15) is 11.3 Å². The van der Waals surface area contributed by atoms with E-state index >= 15 is 0 Å². The normalized spacial score (nSPS) is 25.3. The molecule has 0 aromatic carbocycles. The molecule has 0 bridgehead atoms. The van der Waals surface area contributed by atoms with Crippen molar-refractivity contribution in [1.29, 1.82) is 0 Å². The molecule has 116 valence electrons. The Morgan fingerprint density at radius 2 is 1.48 bits per heavy atom. The summed E-state index contributed by atoms with van der Waals surface area (Å²) in [7, 11) is 0. The van der Waals surface area contributed by atoms with Gasteiger partial charge in [-0.2, -0.15) is 35.1 Å². The highest BCUT2D eigenvalue weighted by Gasteiger charge is 2.83. The van der Waals surface area contributed by atoms with Gasteiger partial charge in [-0.05, 0) is 24.6 Å². The van der Waals surface area contributed by atoms with Crippen molar-refractivity contribution in [2.24, 2.45) is 0 Å². The first kappa shape index (κ1) is 15.7. The van der Waals surface area contributed by atoms with Gasteiger partial charge in [0.2, 0.25) is 0 Å². The quantitative estimate of drug-likeness (QED) is 0.703. The number of allylic oxidation sites excluding steroid dienone is 2. The molecule has 1 aliphatic rings. The fourth-order valence-electron chi connectivity index (χ4n) is 1.86. The molecule has 9 heteroatoms. The van der Waals surface area contributed by atoms with Crippen LogP contribution in [0, 0.1) is 6.92 Å². The second-order valence-corrected chi connectivity index (χ2v) is 4.62. The molecule has 1 aromatic heterocycles. The summed E-state index contributed by atoms with van der Waals surface area (Å²) >= 11 is 0. The van der Waals surface area contributed by atoms with Gasteiger partial charge >= 0.3 is 23.7 Å². The van der Waals surface area contributed by atoms with Crippen LogP contribution in [0.25, 0.3) is 5.57 Å². The number of alkyl halides is 8. The number of rotatable bonds is 1. The Labute approximate surface area is 113 Å². The van der Waals surface area contributed by atoms with Gasteiger partial charge in [0, 0.05) is 12.3 Å². The van der Waals surface area contributed by atoms with Gasteiger partial charge in [0.15, 0.2) is 0 Å². The Morgan fingerprint density at radius 3 is 2.00 bits per heavy atom. The molecule has 1 aromatic rings. The van der Waals surface area contributed by atoms with Crippen LogP contribution in [0.2, 0.25) is 0 Å². The predicted molar refractivity (Wildman–Crippen MR) is 56.7 cm³/mol. The van der Waals surface area contributed by atoms with E-state index in [1.165, 1.54) is 13.0 Å². The zero-order valence-electron chi connectivity index (χ0n) is 10.3. The van der Waals surface area contributed by atoms with Crippen molar-refractivity contribution in [2.75, 3.05) is 0 Å². The van der Waals surface area contributed by atoms with E-state index in [0.717, 1.165) is 12.3 Å². The van der Waals surface area contributed by atoms with E-state index in [1.807, 2.05) is 0 Å². The Hall–Kier alpha value is -1.67. The Kier molecular flexibility index (Phi) is 3.12. The van der Waals surface area contributed by atoms with Crippen molar-refractivity contribution >= 4 is 5.57 Å². The van der Waals surface area contributed by atoms with Gasteiger partial charge in [-0.25, -0.2) is 0 Å². The van der Waals surface area contributed by atoms with Crippen LogP contribution in [0.15, 0.2) is 24.4 Å². The molecule has 0 saturated heterocycles. The average molecular weight is 317 g/mol. The Bertz CT molecular complexity index is 605. The molecule has 0 atom stereocenters. The monoisotopic (exact) mass is 317 g/mol. The summed E-state index contributed by atoms with van der Waals surface area (Å²) in [5.41, 5.74) is -2.57. The van der Waals surface area contributed by atoms with Crippen LogP contribution in [-0.4, -0.2) is 28.7 Å². The van der Waals surface area contributed by atoms with Crippen LogP contribution in [-0.2, 0) is 0 Å². The van der Waals surface area contributed by atoms with Crippen molar-refractivity contribution in [2.45, 2.75) is 30.6 Å². The standard InChI is InChI=1S/C12H7F8N/c1-6-2-3-21-8(4-6)7-5-9(13,14)11(17,18)12(19,20)10(7,15)16/h2-5H,1H3. The predicted octanol–water partition coefficient (Wildman–Crippen LogP) is 4.33. The number of halogens is 8. The van der Waals surface area contributed by atoms with Crippen LogP contribution < -0.4 is 0 Å². The average Bonchev–Trinajstić information content (AvgIpc) is 2.34. The molecule has 1 aliphatic carbocycles. The topological polar surface area (TPSA) is 12.9 Å². The molecule has 0 radical (unpaired) electrons. The first-order valence-electron chi connectivity index (χ1n) is 5.52. The lowest BCUT2D eigenvalue weighted by Crippen LogP contribution is -2.65. The first-order valence-corrected chi connectivity index (χ1v) is 5.52. The van der Waals surface area contributed by atoms with E-state index in [4.69, 9.17) is 0 Å². The summed E-state index contributed by atoms with van der Waals surface area (Å²) in [5.74, 6) is -23.4. The summed E-state index contributed by atoms with van der Waals surface area (Å²) in [6.07, 6.45) is 0.0802. The van der Waals surface area contributed by atoms with Gasteiger partial charge in [0.05, 0.1) is 11.3 Å². The molecular weight excluding hydrogens is 310 g/mol. The number of aryl methyl sites for hydroxylation is 1. The summed E-state index contributed by atoms with van der Waals surface area (Å²) in [5, 5.41) is 0. The lowest BCUT2D eigenvalue weighted by molar-refractivity contribution is -0.348. The second-order valence-electron chi connectivity index (χ2n) is 4.62. The third kappa shape index (κ3) is 1.93. The van der Waals surface area contributed by atoms with Crippen molar-refractivity contribution in [3.8, 4) is 0 Å². The Balaban J connectivity index is 2.74. The zero-order chi connectivity index (χ0) is 16.3. The maximum atomic E-state index is 13.6. The highest BCUT2D eigenvalue weighted by molar-refractivity contribution is 5.73. The molecule has 0 saturated carbocycles. The molecule has 0 aliphatic heterocycles. The highest BCUT2D eigenvalue weighted by Crippen LogP contribution is 2.60. The lowest BCUT2D eigenvalue weighted by atomic mass is 9.84. The third-order valence-electron chi connectivity index (χ3n) is 3.06. The second kappa shape index (κ2) is 4.17. The SMILES string of the molecule is Cc1ccnc(C2=CC(F)(F)C(F)(F)C(F)(F)C2(F)F)c1. The smallest absolute Gasteiger partial charge is 0.256 e. The molecule has 0 amide bonds. The van der Waals surface area contributed by atoms with Crippen molar-refractivity contribution in [3.05, 3.63) is 35.7 Å². The molecule has 0 unspecified atom stereocenters. The minimum atomic E-state index is -6.25. The van der Waals surface area contributed by atoms with Gasteiger partial charge in [0.1, 0.15) is 0 Å². The van der Waals surface area contributed by atoms with Gasteiger partial charge in [-0.3, -0.25) is 4.98 Å². The van der Waals surface area contributed by atoms with Crippen LogP contribution >= 0.6 is 0 Å². The zero-order valence-corrected chi connectivity index (χ0v) is 10.3. The lowest BCUT2D eigenvalue weighted by Gasteiger charge is -2.40. The highest BCUT2D eigenvalue weighted by atomic mass is 19.4. The van der Waals surface area contributed by atoms with E-state index < -0.39 is 41.0 Å². The van der Waals surface area contributed by atoms with Crippen molar-refractivity contribution < 1.29 is 35.1 Å². The summed E-state index contributed by atoms with van der Waals surface area (Å²) < 4.78 is 106. The largest absolute Gasteiger partial charge is 0.382 e. The molecular formula is C12H7F8N. The number of hydrogen-bond acceptors (Lipinski definition) is 1. The van der Waals surface area contributed by atoms with Gasteiger partial charge in [-0.1, -0.05) is 0 Å². The van der Waals surface area contributed by atoms with Gasteiger partial charge in [-0.15, -0.1) is 0 Å². The Morgan fingerprint density at radius 1 is 0.905 bits per heavy atom. The van der Waals surface area contributed by atoms with Gasteiger partial charge < -0.3 is 0 Å². The maximum absolute atomic E-state index is 13.6. The number of hydrogen-bond donors (Lipinski definition) is 0. The van der Waals surface area contributed by atoms with E-state index in [2.05, 4.69) is 4.98 Å². The van der Waals surface area contributed by atoms with E-state index in [0.29, 0.717) is 0 Å². The fourth-order valence-corrected chi connectivity index (χ4v) is 1.86. The van der Waals surface area contributed by atoms with Crippen LogP contribution in [0.3, 0.4) is 0 Å². The summed E-state index contributed by atoms with van der Waals surface area (Å²) in [6.45, 7) is 1.37. The molecule has 1 nitrogen and oxygen atoms in total. The summed E-state index contributed by atoms with van der Waals surface area (Å²) in [4.78, 5) is 3.28. The number of nitrogens with zero attached hydrogens (tertiary/aromatic N) is 1. The van der Waals surface area contributed by atoms with E-state index in [1.54, 1.807) is 0 Å². The summed E-state index contributed by atoms with van der Waals surface area (Å²) in [6, 6.07) is 2.13. The minimum absolute atomic E-state index is 0.265. The van der Waals surface area contributed by atoms with E-state index in [9.17, 15) is 35.1 Å². The molecule has 0 N–H and O–H groups in total. The number of pyridine rings is 1. The van der Waals surface area contributed by atoms with Crippen LogP contribution in [0.4, 0.5) is 35.1 Å². The first-order chi connectivity index (χ1) is 9.34. The molecule has 0 fully saturated rings. The molecule has 21 heavy (non-hydrogen) atoms. The molecule has 2 rings (SSSR count). The van der Waals surface area contributed by atoms with Crippen molar-refractivity contribution in [3.63, 3.8) is 0 Å².